The average Bonchev–Trinajstić information content (AvgIpc) is 3.05. The van der Waals surface area contributed by atoms with E-state index in [0.717, 1.165) is 17.9 Å². The van der Waals surface area contributed by atoms with E-state index < -0.39 is 0 Å². The number of hydrogen-bond donors (Lipinski definition) is 0. The van der Waals surface area contributed by atoms with Crippen LogP contribution < -0.4 is 4.74 Å². The van der Waals surface area contributed by atoms with E-state index in [1.165, 1.54) is 11.1 Å². The molecule has 2 aromatic carbocycles. The smallest absolute Gasteiger partial charge is 0.219 e. The van der Waals surface area contributed by atoms with Crippen molar-refractivity contribution in [2.45, 2.75) is 38.9 Å². The van der Waals surface area contributed by atoms with Crippen LogP contribution in [0.2, 0.25) is 10.0 Å². The van der Waals surface area contributed by atoms with Crippen molar-refractivity contribution in [3.63, 3.8) is 0 Å². The monoisotopic (exact) mass is 427 g/mol. The number of para-hydroxylation sites is 1. The number of aromatic nitrogens is 1. The van der Waals surface area contributed by atoms with Crippen LogP contribution in [0.25, 0.3) is 0 Å². The Hall–Kier alpha value is -2.07. The van der Waals surface area contributed by atoms with Gasteiger partial charge in [-0.1, -0.05) is 61.3 Å². The molecule has 5 heteroatoms. The van der Waals surface area contributed by atoms with Gasteiger partial charge in [-0.15, -0.1) is 0 Å². The Morgan fingerprint density at radius 3 is 2.52 bits per heavy atom. The van der Waals surface area contributed by atoms with Gasteiger partial charge in [0.05, 0.1) is 28.5 Å². The topological polar surface area (TPSA) is 31.4 Å². The van der Waals surface area contributed by atoms with Crippen molar-refractivity contribution in [1.29, 1.82) is 0 Å². The van der Waals surface area contributed by atoms with Crippen LogP contribution in [-0.2, 0) is 17.8 Å². The molecule has 4 rings (SSSR count). The second-order valence-corrected chi connectivity index (χ2v) is 8.49. The summed E-state index contributed by atoms with van der Waals surface area (Å²) in [5.41, 5.74) is 3.30. The molecule has 1 aromatic heterocycles. The normalized spacial score (nSPS) is 18.1. The van der Waals surface area contributed by atoms with E-state index in [1.54, 1.807) is 0 Å². The second-order valence-electron chi connectivity index (χ2n) is 7.67. The van der Waals surface area contributed by atoms with Gasteiger partial charge in [0, 0.05) is 12.0 Å². The van der Waals surface area contributed by atoms with Crippen molar-refractivity contribution >= 4 is 23.2 Å². The highest BCUT2D eigenvalue weighted by molar-refractivity contribution is 6.42. The molecule has 0 saturated heterocycles. The third-order valence-corrected chi connectivity index (χ3v) is 6.00. The lowest BCUT2D eigenvalue weighted by Gasteiger charge is -2.24. The van der Waals surface area contributed by atoms with Crippen LogP contribution in [0.4, 0.5) is 0 Å². The van der Waals surface area contributed by atoms with E-state index in [-0.39, 0.29) is 12.0 Å². The lowest BCUT2D eigenvalue weighted by molar-refractivity contribution is 0.0187. The van der Waals surface area contributed by atoms with Crippen LogP contribution in [0, 0.1) is 5.92 Å². The summed E-state index contributed by atoms with van der Waals surface area (Å²) in [5.74, 6) is 2.03. The molecule has 0 radical (unpaired) electrons. The summed E-state index contributed by atoms with van der Waals surface area (Å²) < 4.78 is 12.2. The van der Waals surface area contributed by atoms with Crippen LogP contribution in [0.15, 0.2) is 60.7 Å². The summed E-state index contributed by atoms with van der Waals surface area (Å²) in [6.45, 7) is 4.85. The molecule has 0 saturated carbocycles. The number of pyridine rings is 1. The quantitative estimate of drug-likeness (QED) is 0.421. The summed E-state index contributed by atoms with van der Waals surface area (Å²) in [4.78, 5) is 4.59. The van der Waals surface area contributed by atoms with Gasteiger partial charge in [-0.3, -0.25) is 0 Å². The first-order valence-electron chi connectivity index (χ1n) is 9.79. The molecular formula is C24H23Cl2NO2. The van der Waals surface area contributed by atoms with Gasteiger partial charge in [0.1, 0.15) is 5.75 Å². The summed E-state index contributed by atoms with van der Waals surface area (Å²) >= 11 is 12.5. The highest BCUT2D eigenvalue weighted by Gasteiger charge is 2.36. The number of benzene rings is 2. The molecule has 0 N–H and O–H groups in total. The van der Waals surface area contributed by atoms with Gasteiger partial charge in [-0.05, 0) is 53.8 Å². The van der Waals surface area contributed by atoms with Gasteiger partial charge < -0.3 is 9.47 Å². The van der Waals surface area contributed by atoms with Crippen LogP contribution >= 0.6 is 23.2 Å². The molecule has 29 heavy (non-hydrogen) atoms. The first-order valence-corrected chi connectivity index (χ1v) is 10.5. The Morgan fingerprint density at radius 2 is 1.76 bits per heavy atom. The Kier molecular flexibility index (Phi) is 6.09. The molecule has 0 aliphatic heterocycles. The molecular weight excluding hydrogens is 405 g/mol. The molecule has 3 nitrogen and oxygen atoms in total. The Morgan fingerprint density at radius 1 is 1.00 bits per heavy atom. The number of nitrogens with zero attached hydrogens (tertiary/aromatic N) is 1. The molecule has 150 valence electrons. The third-order valence-electron chi connectivity index (χ3n) is 5.27. The highest BCUT2D eigenvalue weighted by Crippen LogP contribution is 2.43. The molecule has 0 fully saturated rings. The Labute approximate surface area is 181 Å². The van der Waals surface area contributed by atoms with Crippen molar-refractivity contribution < 1.29 is 9.47 Å². The van der Waals surface area contributed by atoms with Crippen LogP contribution in [0.3, 0.4) is 0 Å². The van der Waals surface area contributed by atoms with E-state index in [4.69, 9.17) is 32.7 Å². The molecule has 0 spiro atoms. The average molecular weight is 428 g/mol. The molecule has 3 aromatic rings. The molecule has 1 heterocycles. The third kappa shape index (κ3) is 4.58. The van der Waals surface area contributed by atoms with E-state index in [1.807, 2.05) is 60.7 Å². The summed E-state index contributed by atoms with van der Waals surface area (Å²) in [6.07, 6.45) is 0.898. The summed E-state index contributed by atoms with van der Waals surface area (Å²) in [5, 5.41) is 1.20. The lowest BCUT2D eigenvalue weighted by Crippen LogP contribution is -2.22. The van der Waals surface area contributed by atoms with Gasteiger partial charge in [0.25, 0.3) is 0 Å². The Bertz CT molecular complexity index is 991. The van der Waals surface area contributed by atoms with Crippen molar-refractivity contribution in [3.8, 4) is 11.6 Å². The molecule has 0 amide bonds. The lowest BCUT2D eigenvalue weighted by atomic mass is 9.88. The van der Waals surface area contributed by atoms with E-state index >= 15 is 0 Å². The summed E-state index contributed by atoms with van der Waals surface area (Å²) in [6, 6.07) is 19.4. The first-order chi connectivity index (χ1) is 14.0. The van der Waals surface area contributed by atoms with Crippen LogP contribution in [0.5, 0.6) is 11.6 Å². The number of halogens is 2. The van der Waals surface area contributed by atoms with Crippen molar-refractivity contribution in [2.24, 2.45) is 5.92 Å². The second kappa shape index (κ2) is 8.74. The number of fused-ring (bicyclic) bond motifs is 1. The maximum atomic E-state index is 6.33. The number of ether oxygens (including phenoxy) is 2. The minimum atomic E-state index is 0.0695. The highest BCUT2D eigenvalue weighted by atomic mass is 35.5. The van der Waals surface area contributed by atoms with Crippen molar-refractivity contribution in [1.82, 2.24) is 4.98 Å². The predicted molar refractivity (Wildman–Crippen MR) is 117 cm³/mol. The van der Waals surface area contributed by atoms with Gasteiger partial charge in [0.2, 0.25) is 5.88 Å². The standard InChI is InChI=1S/C24H23Cl2NO2/c1-15(2)24-19-13-21(26)20(25)11-16(19)12-22(24)28-14-17-7-6-10-23(27-17)29-18-8-4-3-5-9-18/h3-11,13,15,22,24H,12,14H2,1-2H3. The van der Waals surface area contributed by atoms with Crippen molar-refractivity contribution in [2.75, 3.05) is 0 Å². The molecule has 1 aliphatic rings. The van der Waals surface area contributed by atoms with Gasteiger partial charge in [0.15, 0.2) is 0 Å². The van der Waals surface area contributed by atoms with E-state index in [0.29, 0.717) is 28.5 Å². The van der Waals surface area contributed by atoms with Crippen LogP contribution in [-0.4, -0.2) is 11.1 Å². The number of hydrogen-bond acceptors (Lipinski definition) is 3. The molecule has 2 unspecified atom stereocenters. The first kappa shape index (κ1) is 20.2. The SMILES string of the molecule is CC(C)C1c2cc(Cl)c(Cl)cc2CC1OCc1cccc(Oc2ccccc2)n1. The fourth-order valence-electron chi connectivity index (χ4n) is 3.98. The summed E-state index contributed by atoms with van der Waals surface area (Å²) in [7, 11) is 0. The van der Waals surface area contributed by atoms with E-state index in [2.05, 4.69) is 18.8 Å². The fraction of sp³-hybridized carbons (Fsp3) is 0.292. The fourth-order valence-corrected chi connectivity index (χ4v) is 4.34. The zero-order valence-corrected chi connectivity index (χ0v) is 18.0. The van der Waals surface area contributed by atoms with Crippen LogP contribution in [0.1, 0.15) is 36.6 Å². The number of rotatable bonds is 6. The van der Waals surface area contributed by atoms with Gasteiger partial charge >= 0.3 is 0 Å². The Balaban J connectivity index is 1.47. The van der Waals surface area contributed by atoms with E-state index in [9.17, 15) is 0 Å². The van der Waals surface area contributed by atoms with Crippen molar-refractivity contribution in [3.05, 3.63) is 87.5 Å². The maximum Gasteiger partial charge on any atom is 0.219 e. The predicted octanol–water partition coefficient (Wildman–Crippen LogP) is 7.06. The molecule has 0 bridgehead atoms. The zero-order valence-electron chi connectivity index (χ0n) is 16.4. The van der Waals surface area contributed by atoms with Gasteiger partial charge in [-0.2, -0.15) is 0 Å². The minimum Gasteiger partial charge on any atom is -0.439 e. The molecule has 2 atom stereocenters. The van der Waals surface area contributed by atoms with Gasteiger partial charge in [-0.25, -0.2) is 4.98 Å². The molecule has 1 aliphatic carbocycles. The largest absolute Gasteiger partial charge is 0.439 e. The maximum absolute atomic E-state index is 6.33. The zero-order chi connectivity index (χ0) is 20.4. The minimum absolute atomic E-state index is 0.0695.